The second kappa shape index (κ2) is 23.0. The van der Waals surface area contributed by atoms with Crippen molar-refractivity contribution >= 4 is 0 Å². The van der Waals surface area contributed by atoms with Crippen molar-refractivity contribution in [2.24, 2.45) is 11.8 Å². The average molecular weight is 391 g/mol. The van der Waals surface area contributed by atoms with Crippen LogP contribution in [0.15, 0.2) is 12.2 Å². The van der Waals surface area contributed by atoms with Gasteiger partial charge in [0.15, 0.2) is 0 Å². The standard InChI is InChI=1S/C28H54/c1-5-9-11-13-16-20-24-28(8-4)26-22-18-15-14-17-21-25-27(7-3)23-19-12-10-6-2/h14,17,27-28H,1-2,5-13,15-16,18-26H2,3-4H3/b17-14+. The summed E-state index contributed by atoms with van der Waals surface area (Å²) in [7, 11) is 0. The SMILES string of the molecule is [CH2]CCCCCCCC(CC)CCCC/C=C/CCC(CC)CCCCC[CH2]. The van der Waals surface area contributed by atoms with Crippen LogP contribution >= 0.6 is 0 Å². The highest BCUT2D eigenvalue weighted by Crippen LogP contribution is 2.22. The molecule has 0 aliphatic heterocycles. The van der Waals surface area contributed by atoms with Crippen LogP contribution in [0.2, 0.25) is 0 Å². The van der Waals surface area contributed by atoms with E-state index in [1.165, 1.54) is 116 Å². The van der Waals surface area contributed by atoms with Crippen LogP contribution in [0.4, 0.5) is 0 Å². The first-order chi connectivity index (χ1) is 13.8. The van der Waals surface area contributed by atoms with Crippen molar-refractivity contribution in [3.05, 3.63) is 26.0 Å². The first kappa shape index (κ1) is 27.7. The Morgan fingerprint density at radius 3 is 1.50 bits per heavy atom. The lowest BCUT2D eigenvalue weighted by molar-refractivity contribution is 0.397. The Bertz CT molecular complexity index is 303. The van der Waals surface area contributed by atoms with Gasteiger partial charge in [0, 0.05) is 0 Å². The molecule has 0 nitrogen and oxygen atoms in total. The van der Waals surface area contributed by atoms with Crippen LogP contribution in [0.5, 0.6) is 0 Å². The van der Waals surface area contributed by atoms with Gasteiger partial charge < -0.3 is 0 Å². The van der Waals surface area contributed by atoms with E-state index in [-0.39, 0.29) is 0 Å². The number of rotatable bonds is 22. The van der Waals surface area contributed by atoms with Gasteiger partial charge in [-0.1, -0.05) is 143 Å². The van der Waals surface area contributed by atoms with E-state index < -0.39 is 0 Å². The minimum absolute atomic E-state index is 0.943. The van der Waals surface area contributed by atoms with Crippen LogP contribution in [0, 0.1) is 25.7 Å². The number of hydrogen-bond acceptors (Lipinski definition) is 0. The molecule has 2 unspecified atom stereocenters. The Labute approximate surface area is 180 Å². The molecular formula is C28H54. The van der Waals surface area contributed by atoms with Crippen molar-refractivity contribution in [3.8, 4) is 0 Å². The monoisotopic (exact) mass is 390 g/mol. The molecule has 2 atom stereocenters. The van der Waals surface area contributed by atoms with E-state index in [0.717, 1.165) is 24.7 Å². The molecule has 0 aliphatic carbocycles. The highest BCUT2D eigenvalue weighted by Gasteiger charge is 2.06. The van der Waals surface area contributed by atoms with Crippen molar-refractivity contribution in [3.63, 3.8) is 0 Å². The van der Waals surface area contributed by atoms with E-state index in [9.17, 15) is 0 Å². The van der Waals surface area contributed by atoms with Gasteiger partial charge in [0.2, 0.25) is 0 Å². The Kier molecular flexibility index (Phi) is 22.8. The summed E-state index contributed by atoms with van der Waals surface area (Å²) in [5.41, 5.74) is 0. The second-order valence-corrected chi connectivity index (χ2v) is 8.99. The quantitative estimate of drug-likeness (QED) is 0.127. The van der Waals surface area contributed by atoms with E-state index in [1.807, 2.05) is 0 Å². The molecule has 166 valence electrons. The molecule has 0 aromatic heterocycles. The normalized spacial score (nSPS) is 14.0. The molecule has 0 rings (SSSR count). The van der Waals surface area contributed by atoms with Gasteiger partial charge in [-0.2, -0.15) is 0 Å². The second-order valence-electron chi connectivity index (χ2n) is 8.99. The maximum Gasteiger partial charge on any atom is -0.0348 e. The summed E-state index contributed by atoms with van der Waals surface area (Å²) in [6, 6.07) is 0. The highest BCUT2D eigenvalue weighted by molar-refractivity contribution is 4.82. The van der Waals surface area contributed by atoms with Gasteiger partial charge in [-0.25, -0.2) is 0 Å². The fraction of sp³-hybridized carbons (Fsp3) is 0.857. The molecule has 0 saturated carbocycles. The van der Waals surface area contributed by atoms with Crippen molar-refractivity contribution < 1.29 is 0 Å². The van der Waals surface area contributed by atoms with E-state index in [4.69, 9.17) is 0 Å². The fourth-order valence-electron chi connectivity index (χ4n) is 4.29. The zero-order valence-corrected chi connectivity index (χ0v) is 19.9. The first-order valence-electron chi connectivity index (χ1n) is 13.0. The maximum absolute atomic E-state index is 3.94. The molecule has 0 saturated heterocycles. The fourth-order valence-corrected chi connectivity index (χ4v) is 4.29. The van der Waals surface area contributed by atoms with Crippen LogP contribution in [0.1, 0.15) is 142 Å². The van der Waals surface area contributed by atoms with Crippen molar-refractivity contribution in [2.45, 2.75) is 142 Å². The molecule has 0 amide bonds. The van der Waals surface area contributed by atoms with Crippen LogP contribution in [0.3, 0.4) is 0 Å². The summed E-state index contributed by atoms with van der Waals surface area (Å²) in [5.74, 6) is 1.92. The molecule has 0 aromatic carbocycles. The lowest BCUT2D eigenvalue weighted by Gasteiger charge is -2.14. The molecule has 0 N–H and O–H groups in total. The summed E-state index contributed by atoms with van der Waals surface area (Å²) in [6.07, 6.45) is 32.1. The minimum Gasteiger partial charge on any atom is -0.0885 e. The molecule has 0 heterocycles. The van der Waals surface area contributed by atoms with Crippen LogP contribution in [-0.4, -0.2) is 0 Å². The third-order valence-electron chi connectivity index (χ3n) is 6.52. The van der Waals surface area contributed by atoms with Crippen LogP contribution < -0.4 is 0 Å². The Morgan fingerprint density at radius 1 is 0.500 bits per heavy atom. The topological polar surface area (TPSA) is 0 Å². The number of unbranched alkanes of at least 4 members (excludes halogenated alkanes) is 10. The van der Waals surface area contributed by atoms with Gasteiger partial charge >= 0.3 is 0 Å². The molecule has 28 heavy (non-hydrogen) atoms. The molecule has 0 fully saturated rings. The van der Waals surface area contributed by atoms with E-state index in [0.29, 0.717) is 0 Å². The van der Waals surface area contributed by atoms with Gasteiger partial charge in [0.1, 0.15) is 0 Å². The van der Waals surface area contributed by atoms with Crippen LogP contribution in [-0.2, 0) is 0 Å². The van der Waals surface area contributed by atoms with E-state index in [1.54, 1.807) is 0 Å². The van der Waals surface area contributed by atoms with Gasteiger partial charge in [-0.15, -0.1) is 0 Å². The summed E-state index contributed by atoms with van der Waals surface area (Å²) in [6.45, 7) is 12.6. The molecule has 2 radical (unpaired) electrons. The smallest absolute Gasteiger partial charge is 0.0348 e. The molecule has 0 heteroatoms. The molecule has 0 bridgehead atoms. The molecular weight excluding hydrogens is 336 g/mol. The Morgan fingerprint density at radius 2 is 0.929 bits per heavy atom. The summed E-state index contributed by atoms with van der Waals surface area (Å²) >= 11 is 0. The van der Waals surface area contributed by atoms with E-state index >= 15 is 0 Å². The van der Waals surface area contributed by atoms with Gasteiger partial charge in [0.25, 0.3) is 0 Å². The zero-order valence-electron chi connectivity index (χ0n) is 19.9. The third kappa shape index (κ3) is 19.1. The minimum atomic E-state index is 0.943. The van der Waals surface area contributed by atoms with E-state index in [2.05, 4.69) is 39.8 Å². The highest BCUT2D eigenvalue weighted by atomic mass is 14.1. The molecule has 0 aromatic rings. The largest absolute Gasteiger partial charge is 0.0885 e. The van der Waals surface area contributed by atoms with Crippen molar-refractivity contribution in [2.75, 3.05) is 0 Å². The van der Waals surface area contributed by atoms with Crippen molar-refractivity contribution in [1.82, 2.24) is 0 Å². The lowest BCUT2D eigenvalue weighted by atomic mass is 9.92. The lowest BCUT2D eigenvalue weighted by Crippen LogP contribution is -1.99. The van der Waals surface area contributed by atoms with Gasteiger partial charge in [-0.3, -0.25) is 0 Å². The first-order valence-corrected chi connectivity index (χ1v) is 13.0. The number of allylic oxidation sites excluding steroid dienone is 2. The summed E-state index contributed by atoms with van der Waals surface area (Å²) in [4.78, 5) is 0. The molecule has 0 aliphatic rings. The Balaban J connectivity index is 3.57. The van der Waals surface area contributed by atoms with Crippen molar-refractivity contribution in [1.29, 1.82) is 0 Å². The maximum atomic E-state index is 3.94. The summed E-state index contributed by atoms with van der Waals surface area (Å²) in [5, 5.41) is 0. The average Bonchev–Trinajstić information content (AvgIpc) is 2.72. The van der Waals surface area contributed by atoms with Crippen LogP contribution in [0.25, 0.3) is 0 Å². The van der Waals surface area contributed by atoms with Gasteiger partial charge in [-0.05, 0) is 37.5 Å². The zero-order chi connectivity index (χ0) is 20.7. The molecule has 0 spiro atoms. The third-order valence-corrected chi connectivity index (χ3v) is 6.52. The van der Waals surface area contributed by atoms with Gasteiger partial charge in [0.05, 0.1) is 0 Å². The summed E-state index contributed by atoms with van der Waals surface area (Å²) < 4.78 is 0. The predicted molar refractivity (Wildman–Crippen MR) is 131 cm³/mol. The Hall–Kier alpha value is -0.260. The predicted octanol–water partition coefficient (Wildman–Crippen LogP) is 10.3. The number of hydrogen-bond donors (Lipinski definition) is 0.